The molecule has 2 aromatic heterocycles. The van der Waals surface area contributed by atoms with Crippen LogP contribution in [-0.4, -0.2) is 32.5 Å². The second-order valence-electron chi connectivity index (χ2n) is 5.37. The molecule has 0 saturated heterocycles. The molecule has 1 fully saturated rings. The van der Waals surface area contributed by atoms with E-state index in [1.807, 2.05) is 7.05 Å². The normalized spacial score (nSPS) is 15.9. The summed E-state index contributed by atoms with van der Waals surface area (Å²) in [6.07, 6.45) is 4.22. The van der Waals surface area contributed by atoms with Gasteiger partial charge in [0.15, 0.2) is 11.5 Å². The molecule has 6 heteroatoms. The molecule has 0 bridgehead atoms. The van der Waals surface area contributed by atoms with Crippen molar-refractivity contribution in [3.63, 3.8) is 0 Å². The summed E-state index contributed by atoms with van der Waals surface area (Å²) >= 11 is 0. The predicted octanol–water partition coefficient (Wildman–Crippen LogP) is 2.00. The number of nitrogens with zero attached hydrogens (tertiary/aromatic N) is 3. The maximum Gasteiger partial charge on any atom is 0.226 e. The third-order valence-corrected chi connectivity index (χ3v) is 3.55. The molecule has 18 heavy (non-hydrogen) atoms. The summed E-state index contributed by atoms with van der Waals surface area (Å²) in [5.41, 5.74) is 1.60. The van der Waals surface area contributed by atoms with Crippen LogP contribution in [0, 0.1) is 5.92 Å². The van der Waals surface area contributed by atoms with Gasteiger partial charge in [-0.25, -0.2) is 4.98 Å². The minimum absolute atomic E-state index is 0.0530. The van der Waals surface area contributed by atoms with E-state index in [-0.39, 0.29) is 5.54 Å². The highest BCUT2D eigenvalue weighted by atomic mass is 15.2. The zero-order chi connectivity index (χ0) is 12.8. The van der Waals surface area contributed by atoms with Crippen molar-refractivity contribution in [2.24, 2.45) is 5.92 Å². The maximum absolute atomic E-state index is 4.48. The predicted molar refractivity (Wildman–Crippen MR) is 71.7 cm³/mol. The van der Waals surface area contributed by atoms with Gasteiger partial charge in [0.25, 0.3) is 0 Å². The van der Waals surface area contributed by atoms with E-state index in [4.69, 9.17) is 0 Å². The molecule has 96 valence electrons. The molecule has 0 aliphatic heterocycles. The summed E-state index contributed by atoms with van der Waals surface area (Å²) in [6, 6.07) is 0. The smallest absolute Gasteiger partial charge is 0.226 e. The topological polar surface area (TPSA) is 78.5 Å². The van der Waals surface area contributed by atoms with Crippen LogP contribution in [0.25, 0.3) is 11.2 Å². The Hall–Kier alpha value is -1.85. The van der Waals surface area contributed by atoms with Crippen molar-refractivity contribution in [2.75, 3.05) is 17.7 Å². The van der Waals surface area contributed by atoms with Crippen LogP contribution in [0.15, 0.2) is 6.33 Å². The van der Waals surface area contributed by atoms with Gasteiger partial charge in [0.1, 0.15) is 5.52 Å². The van der Waals surface area contributed by atoms with Crippen molar-refractivity contribution in [1.29, 1.82) is 0 Å². The monoisotopic (exact) mass is 246 g/mol. The lowest BCUT2D eigenvalue weighted by atomic mass is 9.99. The molecule has 0 spiro atoms. The average Bonchev–Trinajstić information content (AvgIpc) is 3.09. The van der Waals surface area contributed by atoms with Gasteiger partial charge < -0.3 is 15.6 Å². The molecule has 6 nitrogen and oxygen atoms in total. The first-order valence-electron chi connectivity index (χ1n) is 6.27. The Labute approximate surface area is 106 Å². The fraction of sp³-hybridized carbons (Fsp3) is 0.583. The van der Waals surface area contributed by atoms with Gasteiger partial charge in [0, 0.05) is 12.6 Å². The third-order valence-electron chi connectivity index (χ3n) is 3.55. The lowest BCUT2D eigenvalue weighted by Crippen LogP contribution is -2.33. The highest BCUT2D eigenvalue weighted by Gasteiger charge is 2.38. The number of aromatic amines is 1. The molecule has 0 amide bonds. The zero-order valence-electron chi connectivity index (χ0n) is 10.9. The molecule has 0 atom stereocenters. The molecule has 1 saturated carbocycles. The average molecular weight is 246 g/mol. The fourth-order valence-corrected chi connectivity index (χ4v) is 2.25. The number of fused-ring (bicyclic) bond motifs is 1. The standard InChI is InChI=1S/C12H18N6/c1-12(2,7-4-5-7)18-10-8-9(15-6-14-8)16-11(13-3)17-10/h6-7H,4-5H2,1-3H3,(H3,13,14,15,16,17,18). The molecule has 2 heterocycles. The Morgan fingerprint density at radius 2 is 2.11 bits per heavy atom. The minimum Gasteiger partial charge on any atom is -0.363 e. The summed E-state index contributed by atoms with van der Waals surface area (Å²) < 4.78 is 0. The molecule has 0 unspecified atom stereocenters. The number of nitrogens with one attached hydrogen (secondary N) is 3. The molecular weight excluding hydrogens is 228 g/mol. The van der Waals surface area contributed by atoms with Crippen LogP contribution in [0.2, 0.25) is 0 Å². The van der Waals surface area contributed by atoms with Gasteiger partial charge in [-0.2, -0.15) is 9.97 Å². The summed E-state index contributed by atoms with van der Waals surface area (Å²) in [4.78, 5) is 16.1. The van der Waals surface area contributed by atoms with Crippen molar-refractivity contribution in [2.45, 2.75) is 32.2 Å². The van der Waals surface area contributed by atoms with E-state index in [1.54, 1.807) is 6.33 Å². The lowest BCUT2D eigenvalue weighted by Gasteiger charge is -2.27. The fourth-order valence-electron chi connectivity index (χ4n) is 2.25. The van der Waals surface area contributed by atoms with E-state index in [9.17, 15) is 0 Å². The largest absolute Gasteiger partial charge is 0.363 e. The van der Waals surface area contributed by atoms with Crippen molar-refractivity contribution in [3.8, 4) is 0 Å². The Morgan fingerprint density at radius 3 is 2.78 bits per heavy atom. The minimum atomic E-state index is 0.0530. The highest BCUT2D eigenvalue weighted by molar-refractivity contribution is 5.84. The Balaban J connectivity index is 2.01. The first-order valence-corrected chi connectivity index (χ1v) is 6.27. The molecule has 1 aliphatic carbocycles. The van der Waals surface area contributed by atoms with Gasteiger partial charge in [-0.1, -0.05) is 0 Å². The van der Waals surface area contributed by atoms with Gasteiger partial charge in [-0.05, 0) is 32.6 Å². The van der Waals surface area contributed by atoms with Crippen molar-refractivity contribution >= 4 is 22.9 Å². The number of H-pyrrole nitrogens is 1. The van der Waals surface area contributed by atoms with Crippen molar-refractivity contribution in [1.82, 2.24) is 19.9 Å². The van der Waals surface area contributed by atoms with Gasteiger partial charge in [0.2, 0.25) is 5.95 Å². The molecule has 3 rings (SSSR count). The van der Waals surface area contributed by atoms with Crippen LogP contribution in [0.3, 0.4) is 0 Å². The second-order valence-corrected chi connectivity index (χ2v) is 5.37. The van der Waals surface area contributed by atoms with Crippen LogP contribution >= 0.6 is 0 Å². The molecule has 2 aromatic rings. The Morgan fingerprint density at radius 1 is 1.33 bits per heavy atom. The molecule has 3 N–H and O–H groups in total. The van der Waals surface area contributed by atoms with Gasteiger partial charge in [-0.3, -0.25) is 0 Å². The number of hydrogen-bond donors (Lipinski definition) is 3. The van der Waals surface area contributed by atoms with E-state index >= 15 is 0 Å². The molecular formula is C12H18N6. The molecule has 0 radical (unpaired) electrons. The van der Waals surface area contributed by atoms with Crippen LogP contribution in [0.5, 0.6) is 0 Å². The van der Waals surface area contributed by atoms with E-state index in [2.05, 4.69) is 44.4 Å². The maximum atomic E-state index is 4.48. The summed E-state index contributed by atoms with van der Waals surface area (Å²) in [6.45, 7) is 4.43. The van der Waals surface area contributed by atoms with Crippen molar-refractivity contribution in [3.05, 3.63) is 6.33 Å². The number of hydrogen-bond acceptors (Lipinski definition) is 5. The first-order chi connectivity index (χ1) is 8.60. The number of anilines is 2. The van der Waals surface area contributed by atoms with Gasteiger partial charge in [0.05, 0.1) is 6.33 Å². The quantitative estimate of drug-likeness (QED) is 0.769. The van der Waals surface area contributed by atoms with Crippen LogP contribution < -0.4 is 10.6 Å². The van der Waals surface area contributed by atoms with Gasteiger partial charge in [-0.15, -0.1) is 0 Å². The lowest BCUT2D eigenvalue weighted by molar-refractivity contribution is 0.493. The highest BCUT2D eigenvalue weighted by Crippen LogP contribution is 2.41. The van der Waals surface area contributed by atoms with E-state index in [1.165, 1.54) is 12.8 Å². The number of imidazole rings is 1. The first kappa shape index (κ1) is 11.3. The zero-order valence-corrected chi connectivity index (χ0v) is 10.9. The van der Waals surface area contributed by atoms with Crippen LogP contribution in [-0.2, 0) is 0 Å². The van der Waals surface area contributed by atoms with Gasteiger partial charge >= 0.3 is 0 Å². The van der Waals surface area contributed by atoms with E-state index in [0.717, 1.165) is 17.3 Å². The molecule has 1 aliphatic rings. The number of rotatable bonds is 4. The summed E-state index contributed by atoms with van der Waals surface area (Å²) in [5, 5.41) is 6.49. The Kier molecular flexibility index (Phi) is 2.39. The number of aromatic nitrogens is 4. The van der Waals surface area contributed by atoms with Crippen LogP contribution in [0.1, 0.15) is 26.7 Å². The summed E-state index contributed by atoms with van der Waals surface area (Å²) in [7, 11) is 1.81. The second kappa shape index (κ2) is 3.83. The SMILES string of the molecule is CNc1nc(NC(C)(C)C2CC2)c2[nH]cnc2n1. The third kappa shape index (κ3) is 1.87. The molecule has 0 aromatic carbocycles. The van der Waals surface area contributed by atoms with E-state index < -0.39 is 0 Å². The van der Waals surface area contributed by atoms with Crippen molar-refractivity contribution < 1.29 is 0 Å². The van der Waals surface area contributed by atoms with Crippen LogP contribution in [0.4, 0.5) is 11.8 Å². The Bertz CT molecular complexity index is 569. The summed E-state index contributed by atoms with van der Waals surface area (Å²) in [5.74, 6) is 2.13. The van der Waals surface area contributed by atoms with E-state index in [0.29, 0.717) is 11.6 Å².